The monoisotopic (exact) mass is 550 g/mol. The summed E-state index contributed by atoms with van der Waals surface area (Å²) < 4.78 is 32.2. The number of benzene rings is 4. The molecule has 4 aromatic rings. The molecule has 0 saturated carbocycles. The first-order valence-corrected chi connectivity index (χ1v) is 14.8. The van der Waals surface area contributed by atoms with Crippen LogP contribution in [0.25, 0.3) is 0 Å². The van der Waals surface area contributed by atoms with E-state index < -0.39 is 11.6 Å². The molecule has 0 aromatic heterocycles. The fourth-order valence-corrected chi connectivity index (χ4v) is 5.63. The number of rotatable bonds is 10. The van der Waals surface area contributed by atoms with Gasteiger partial charge in [-0.1, -0.05) is 60.7 Å². The lowest BCUT2D eigenvalue weighted by Gasteiger charge is -2.47. The fraction of sp³-hybridized carbons (Fsp3) is 0.333. The van der Waals surface area contributed by atoms with Crippen molar-refractivity contribution in [2.24, 2.45) is 0 Å². The highest BCUT2D eigenvalue weighted by Crippen LogP contribution is 2.47. The highest BCUT2D eigenvalue weighted by Gasteiger charge is 2.47. The second-order valence-electron chi connectivity index (χ2n) is 10.8. The molecule has 0 aliphatic carbocycles. The third-order valence-corrected chi connectivity index (χ3v) is 7.89. The van der Waals surface area contributed by atoms with Crippen molar-refractivity contribution in [3.63, 3.8) is 0 Å². The van der Waals surface area contributed by atoms with Gasteiger partial charge in [0.1, 0.15) is 24.7 Å². The van der Waals surface area contributed by atoms with Crippen molar-refractivity contribution in [1.29, 1.82) is 0 Å². The Morgan fingerprint density at radius 2 is 0.902 bits per heavy atom. The molecule has 2 fully saturated rings. The molecule has 212 valence electrons. The van der Waals surface area contributed by atoms with E-state index in [1.807, 2.05) is 60.7 Å². The van der Waals surface area contributed by atoms with E-state index in [1.165, 1.54) is 0 Å². The number of ether oxygens (including phenoxy) is 5. The zero-order chi connectivity index (χ0) is 27.8. The Bertz CT molecular complexity index is 1230. The van der Waals surface area contributed by atoms with Crippen molar-refractivity contribution in [2.75, 3.05) is 13.2 Å². The van der Waals surface area contributed by atoms with Crippen LogP contribution in [0, 0.1) is 0 Å². The van der Waals surface area contributed by atoms with Gasteiger partial charge in [-0.05, 0) is 85.3 Å². The van der Waals surface area contributed by atoms with Gasteiger partial charge in [-0.25, -0.2) is 0 Å². The van der Waals surface area contributed by atoms with Crippen LogP contribution in [0.3, 0.4) is 0 Å². The smallest absolute Gasteiger partial charge is 0.198 e. The molecule has 0 bridgehead atoms. The van der Waals surface area contributed by atoms with Gasteiger partial charge in [0, 0.05) is 24.0 Å². The van der Waals surface area contributed by atoms with Crippen molar-refractivity contribution < 1.29 is 23.7 Å². The van der Waals surface area contributed by atoms with E-state index in [0.29, 0.717) is 26.4 Å². The molecule has 0 radical (unpaired) electrons. The van der Waals surface area contributed by atoms with E-state index in [4.69, 9.17) is 23.7 Å². The van der Waals surface area contributed by atoms with E-state index in [9.17, 15) is 0 Å². The zero-order valence-electron chi connectivity index (χ0n) is 23.5. The maximum atomic E-state index is 7.09. The Hall–Kier alpha value is -3.64. The summed E-state index contributed by atoms with van der Waals surface area (Å²) in [6.07, 6.45) is 5.61. The van der Waals surface area contributed by atoms with Gasteiger partial charge in [0.25, 0.3) is 0 Å². The molecular weight excluding hydrogens is 512 g/mol. The summed E-state index contributed by atoms with van der Waals surface area (Å²) in [6, 6.07) is 36.7. The molecule has 5 heteroatoms. The molecule has 4 aromatic carbocycles. The molecule has 2 saturated heterocycles. The van der Waals surface area contributed by atoms with Crippen LogP contribution >= 0.6 is 0 Å². The average Bonchev–Trinajstić information content (AvgIpc) is 3.05. The van der Waals surface area contributed by atoms with Crippen molar-refractivity contribution in [3.8, 4) is 11.5 Å². The molecule has 2 aliphatic rings. The molecule has 41 heavy (non-hydrogen) atoms. The molecular formula is C36H38O5. The summed E-state index contributed by atoms with van der Waals surface area (Å²) >= 11 is 0. The van der Waals surface area contributed by atoms with E-state index in [1.54, 1.807) is 0 Å². The van der Waals surface area contributed by atoms with Crippen LogP contribution in [0.15, 0.2) is 109 Å². The maximum absolute atomic E-state index is 7.09. The lowest BCUT2D eigenvalue weighted by Crippen LogP contribution is -2.47. The van der Waals surface area contributed by atoms with Crippen molar-refractivity contribution in [2.45, 2.75) is 63.3 Å². The van der Waals surface area contributed by atoms with Crippen LogP contribution in [-0.2, 0) is 39.0 Å². The molecule has 5 nitrogen and oxygen atoms in total. The summed E-state index contributed by atoms with van der Waals surface area (Å²) in [6.45, 7) is 2.35. The van der Waals surface area contributed by atoms with E-state index in [2.05, 4.69) is 48.5 Å². The first-order chi connectivity index (χ1) is 20.2. The van der Waals surface area contributed by atoms with Gasteiger partial charge in [0.2, 0.25) is 0 Å². The summed E-state index contributed by atoms with van der Waals surface area (Å²) in [7, 11) is 0. The van der Waals surface area contributed by atoms with Crippen LogP contribution in [0.4, 0.5) is 0 Å². The Balaban J connectivity index is 1.21. The largest absolute Gasteiger partial charge is 0.489 e. The standard InChI is InChI=1S/C36H38O5/c1-3-11-29(12-4-1)27-37-33-19-15-31(16-20-33)35(23-7-9-25-39-35)41-36(24-8-10-26-40-36)32-17-21-34(22-18-32)38-28-30-13-5-2-6-14-30/h1-6,11-22H,7-10,23-28H2. The Morgan fingerprint density at radius 1 is 0.488 bits per heavy atom. The summed E-state index contributed by atoms with van der Waals surface area (Å²) in [5.74, 6) is -0.150. The first-order valence-electron chi connectivity index (χ1n) is 14.8. The topological polar surface area (TPSA) is 46.2 Å². The Labute approximate surface area is 243 Å². The Kier molecular flexibility index (Phi) is 8.66. The summed E-state index contributed by atoms with van der Waals surface area (Å²) in [5, 5.41) is 0. The predicted molar refractivity (Wildman–Crippen MR) is 158 cm³/mol. The van der Waals surface area contributed by atoms with Crippen molar-refractivity contribution in [3.05, 3.63) is 131 Å². The zero-order valence-corrected chi connectivity index (χ0v) is 23.5. The first kappa shape index (κ1) is 27.5. The minimum atomic E-state index is -0.893. The summed E-state index contributed by atoms with van der Waals surface area (Å²) in [4.78, 5) is 0. The Morgan fingerprint density at radius 3 is 1.27 bits per heavy atom. The third kappa shape index (κ3) is 6.65. The van der Waals surface area contributed by atoms with E-state index in [-0.39, 0.29) is 0 Å². The second-order valence-corrected chi connectivity index (χ2v) is 10.8. The van der Waals surface area contributed by atoms with Gasteiger partial charge < -0.3 is 23.7 Å². The van der Waals surface area contributed by atoms with Crippen LogP contribution in [-0.4, -0.2) is 13.2 Å². The van der Waals surface area contributed by atoms with Crippen molar-refractivity contribution >= 4 is 0 Å². The highest BCUT2D eigenvalue weighted by atomic mass is 16.8. The van der Waals surface area contributed by atoms with Gasteiger partial charge in [0.05, 0.1) is 13.2 Å². The van der Waals surface area contributed by atoms with Crippen LogP contribution in [0.1, 0.15) is 60.8 Å². The van der Waals surface area contributed by atoms with Gasteiger partial charge >= 0.3 is 0 Å². The minimum absolute atomic E-state index is 0.528. The molecule has 2 aliphatic heterocycles. The van der Waals surface area contributed by atoms with Crippen LogP contribution in [0.5, 0.6) is 11.5 Å². The minimum Gasteiger partial charge on any atom is -0.489 e. The van der Waals surface area contributed by atoms with E-state index >= 15 is 0 Å². The van der Waals surface area contributed by atoms with E-state index in [0.717, 1.165) is 72.3 Å². The third-order valence-electron chi connectivity index (χ3n) is 7.89. The molecule has 6 rings (SSSR count). The molecule has 0 amide bonds. The van der Waals surface area contributed by atoms with Crippen molar-refractivity contribution in [1.82, 2.24) is 0 Å². The molecule has 2 atom stereocenters. The normalized spacial score (nSPS) is 22.6. The van der Waals surface area contributed by atoms with Crippen LogP contribution in [0.2, 0.25) is 0 Å². The molecule has 2 heterocycles. The lowest BCUT2D eigenvalue weighted by atomic mass is 9.93. The fourth-order valence-electron chi connectivity index (χ4n) is 5.63. The SMILES string of the molecule is c1ccc(COc2ccc(C3(OC4(c5ccc(OCc6ccccc6)cc5)CCCCO4)CCCCO3)cc2)cc1. The summed E-state index contributed by atoms with van der Waals surface area (Å²) in [5.41, 5.74) is 4.25. The predicted octanol–water partition coefficient (Wildman–Crippen LogP) is 8.27. The highest BCUT2D eigenvalue weighted by molar-refractivity contribution is 5.33. The second kappa shape index (κ2) is 12.9. The maximum Gasteiger partial charge on any atom is 0.198 e. The van der Waals surface area contributed by atoms with Gasteiger partial charge in [0.15, 0.2) is 11.6 Å². The number of hydrogen-bond acceptors (Lipinski definition) is 5. The molecule has 0 N–H and O–H groups in total. The van der Waals surface area contributed by atoms with Gasteiger partial charge in [-0.3, -0.25) is 0 Å². The van der Waals surface area contributed by atoms with Gasteiger partial charge in [-0.2, -0.15) is 0 Å². The molecule has 0 spiro atoms. The quantitative estimate of drug-likeness (QED) is 0.199. The van der Waals surface area contributed by atoms with Gasteiger partial charge in [-0.15, -0.1) is 0 Å². The molecule has 2 unspecified atom stereocenters. The average molecular weight is 551 g/mol. The number of hydrogen-bond donors (Lipinski definition) is 0. The van der Waals surface area contributed by atoms with Crippen LogP contribution < -0.4 is 9.47 Å². The lowest BCUT2D eigenvalue weighted by molar-refractivity contribution is -0.392.